The first-order chi connectivity index (χ1) is 12.6. The SMILES string of the molecule is Cc1ccc2nc(CN3CCN(c4ccc(CN)cc4)CC3C)cn2c1. The van der Waals surface area contributed by atoms with E-state index in [9.17, 15) is 0 Å². The summed E-state index contributed by atoms with van der Waals surface area (Å²) in [5.74, 6) is 0. The van der Waals surface area contributed by atoms with E-state index in [1.165, 1.54) is 16.8 Å². The van der Waals surface area contributed by atoms with Crippen LogP contribution in [0.3, 0.4) is 0 Å². The van der Waals surface area contributed by atoms with E-state index >= 15 is 0 Å². The number of pyridine rings is 1. The summed E-state index contributed by atoms with van der Waals surface area (Å²) in [7, 11) is 0. The third-order valence-corrected chi connectivity index (χ3v) is 5.32. The molecule has 3 heterocycles. The Bertz CT molecular complexity index is 883. The van der Waals surface area contributed by atoms with Crippen molar-refractivity contribution in [2.45, 2.75) is 33.0 Å². The molecule has 1 fully saturated rings. The van der Waals surface area contributed by atoms with Gasteiger partial charge in [0.2, 0.25) is 0 Å². The fourth-order valence-electron chi connectivity index (χ4n) is 3.75. The van der Waals surface area contributed by atoms with Crippen LogP contribution in [0.1, 0.15) is 23.7 Å². The molecule has 0 saturated carbocycles. The van der Waals surface area contributed by atoms with Crippen LogP contribution >= 0.6 is 0 Å². The predicted molar refractivity (Wildman–Crippen MR) is 106 cm³/mol. The van der Waals surface area contributed by atoms with Crippen LogP contribution in [-0.4, -0.2) is 40.0 Å². The van der Waals surface area contributed by atoms with E-state index in [1.807, 2.05) is 0 Å². The second-order valence-corrected chi connectivity index (χ2v) is 7.34. The van der Waals surface area contributed by atoms with Gasteiger partial charge in [-0.1, -0.05) is 18.2 Å². The van der Waals surface area contributed by atoms with Gasteiger partial charge in [-0.25, -0.2) is 4.98 Å². The molecule has 0 spiro atoms. The average molecular weight is 349 g/mol. The number of hydrogen-bond acceptors (Lipinski definition) is 4. The molecule has 5 nitrogen and oxygen atoms in total. The number of piperazine rings is 1. The Morgan fingerprint density at radius 3 is 2.62 bits per heavy atom. The first-order valence-corrected chi connectivity index (χ1v) is 9.34. The van der Waals surface area contributed by atoms with Gasteiger partial charge in [-0.05, 0) is 43.2 Å². The van der Waals surface area contributed by atoms with Crippen molar-refractivity contribution < 1.29 is 0 Å². The van der Waals surface area contributed by atoms with Crippen molar-refractivity contribution in [1.29, 1.82) is 0 Å². The molecule has 0 aliphatic carbocycles. The number of aromatic nitrogens is 2. The van der Waals surface area contributed by atoms with Crippen molar-refractivity contribution in [3.8, 4) is 0 Å². The molecule has 1 unspecified atom stereocenters. The lowest BCUT2D eigenvalue weighted by Crippen LogP contribution is -2.51. The minimum absolute atomic E-state index is 0.490. The largest absolute Gasteiger partial charge is 0.369 e. The van der Waals surface area contributed by atoms with Gasteiger partial charge < -0.3 is 15.0 Å². The van der Waals surface area contributed by atoms with E-state index < -0.39 is 0 Å². The summed E-state index contributed by atoms with van der Waals surface area (Å²) >= 11 is 0. The lowest BCUT2D eigenvalue weighted by atomic mass is 10.1. The zero-order chi connectivity index (χ0) is 18.1. The summed E-state index contributed by atoms with van der Waals surface area (Å²) in [4.78, 5) is 9.77. The van der Waals surface area contributed by atoms with E-state index in [-0.39, 0.29) is 0 Å². The highest BCUT2D eigenvalue weighted by molar-refractivity contribution is 5.48. The Morgan fingerprint density at radius 1 is 1.08 bits per heavy atom. The second kappa shape index (κ2) is 7.09. The first kappa shape index (κ1) is 17.1. The molecule has 2 N–H and O–H groups in total. The number of nitrogens with zero attached hydrogens (tertiary/aromatic N) is 4. The Morgan fingerprint density at radius 2 is 1.88 bits per heavy atom. The number of anilines is 1. The molecule has 1 aromatic carbocycles. The van der Waals surface area contributed by atoms with Crippen molar-refractivity contribution in [2.75, 3.05) is 24.5 Å². The van der Waals surface area contributed by atoms with Gasteiger partial charge >= 0.3 is 0 Å². The summed E-state index contributed by atoms with van der Waals surface area (Å²) in [5.41, 5.74) is 11.6. The standard InChI is InChI=1S/C21H27N5/c1-16-3-8-21-23-19(15-26(21)12-16)14-24-9-10-25(13-17(24)2)20-6-4-18(11-22)5-7-20/h3-8,12,15,17H,9-11,13-14,22H2,1-2H3. The lowest BCUT2D eigenvalue weighted by Gasteiger charge is -2.40. The van der Waals surface area contributed by atoms with E-state index in [0.29, 0.717) is 12.6 Å². The maximum absolute atomic E-state index is 5.70. The Hall–Kier alpha value is -2.37. The third kappa shape index (κ3) is 3.45. The van der Waals surface area contributed by atoms with Gasteiger partial charge in [-0.15, -0.1) is 0 Å². The smallest absolute Gasteiger partial charge is 0.137 e. The van der Waals surface area contributed by atoms with Crippen molar-refractivity contribution in [3.05, 3.63) is 65.6 Å². The molecule has 0 amide bonds. The highest BCUT2D eigenvalue weighted by Gasteiger charge is 2.24. The molecule has 136 valence electrons. The number of fused-ring (bicyclic) bond motifs is 1. The van der Waals surface area contributed by atoms with Gasteiger partial charge in [-0.3, -0.25) is 4.90 Å². The number of benzene rings is 1. The van der Waals surface area contributed by atoms with Crippen molar-refractivity contribution in [2.24, 2.45) is 5.73 Å². The maximum Gasteiger partial charge on any atom is 0.137 e. The molecule has 1 atom stereocenters. The van der Waals surface area contributed by atoms with E-state index in [0.717, 1.165) is 37.5 Å². The maximum atomic E-state index is 5.70. The minimum Gasteiger partial charge on any atom is -0.369 e. The lowest BCUT2D eigenvalue weighted by molar-refractivity contribution is 0.179. The van der Waals surface area contributed by atoms with E-state index in [4.69, 9.17) is 10.7 Å². The molecule has 1 saturated heterocycles. The molecule has 0 radical (unpaired) electrons. The van der Waals surface area contributed by atoms with Crippen molar-refractivity contribution >= 4 is 11.3 Å². The molecule has 4 rings (SSSR count). The van der Waals surface area contributed by atoms with Gasteiger partial charge in [0, 0.05) is 56.8 Å². The fraction of sp³-hybridized carbons (Fsp3) is 0.381. The molecule has 3 aromatic rings. The number of rotatable bonds is 4. The van der Waals surface area contributed by atoms with Crippen LogP contribution in [0, 0.1) is 6.92 Å². The molecule has 1 aliphatic rings. The predicted octanol–water partition coefficient (Wildman–Crippen LogP) is 2.81. The summed E-state index contributed by atoms with van der Waals surface area (Å²) in [6.45, 7) is 9.05. The Labute approximate surface area is 155 Å². The Balaban J connectivity index is 1.42. The molecule has 1 aliphatic heterocycles. The highest BCUT2D eigenvalue weighted by atomic mass is 15.3. The molecule has 0 bridgehead atoms. The van der Waals surface area contributed by atoms with Crippen LogP contribution in [0.4, 0.5) is 5.69 Å². The van der Waals surface area contributed by atoms with Crippen LogP contribution in [0.25, 0.3) is 5.65 Å². The fourth-order valence-corrected chi connectivity index (χ4v) is 3.75. The normalized spacial score (nSPS) is 18.6. The van der Waals surface area contributed by atoms with Gasteiger partial charge in [0.25, 0.3) is 0 Å². The van der Waals surface area contributed by atoms with Crippen LogP contribution in [-0.2, 0) is 13.1 Å². The van der Waals surface area contributed by atoms with Crippen LogP contribution in [0.15, 0.2) is 48.8 Å². The van der Waals surface area contributed by atoms with Crippen LogP contribution < -0.4 is 10.6 Å². The molecule has 5 heteroatoms. The summed E-state index contributed by atoms with van der Waals surface area (Å²) in [6.07, 6.45) is 4.30. The van der Waals surface area contributed by atoms with E-state index in [1.54, 1.807) is 0 Å². The third-order valence-electron chi connectivity index (χ3n) is 5.32. The highest BCUT2D eigenvalue weighted by Crippen LogP contribution is 2.21. The quantitative estimate of drug-likeness (QED) is 0.787. The molecular weight excluding hydrogens is 322 g/mol. The van der Waals surface area contributed by atoms with Gasteiger partial charge in [0.15, 0.2) is 0 Å². The average Bonchev–Trinajstić information content (AvgIpc) is 3.05. The summed E-state index contributed by atoms with van der Waals surface area (Å²) in [6, 6.07) is 13.3. The van der Waals surface area contributed by atoms with Crippen LogP contribution in [0.5, 0.6) is 0 Å². The zero-order valence-electron chi connectivity index (χ0n) is 15.6. The van der Waals surface area contributed by atoms with Crippen LogP contribution in [0.2, 0.25) is 0 Å². The van der Waals surface area contributed by atoms with Gasteiger partial charge in [0.1, 0.15) is 5.65 Å². The number of nitrogens with two attached hydrogens (primary N) is 1. The first-order valence-electron chi connectivity index (χ1n) is 9.34. The van der Waals surface area contributed by atoms with Crippen molar-refractivity contribution in [1.82, 2.24) is 14.3 Å². The van der Waals surface area contributed by atoms with Gasteiger partial charge in [-0.2, -0.15) is 0 Å². The minimum atomic E-state index is 0.490. The summed E-state index contributed by atoms with van der Waals surface area (Å²) < 4.78 is 2.13. The topological polar surface area (TPSA) is 49.8 Å². The molecule has 26 heavy (non-hydrogen) atoms. The van der Waals surface area contributed by atoms with Crippen molar-refractivity contribution in [3.63, 3.8) is 0 Å². The molecule has 2 aromatic heterocycles. The number of aryl methyl sites for hydroxylation is 1. The van der Waals surface area contributed by atoms with Gasteiger partial charge in [0.05, 0.1) is 5.69 Å². The second-order valence-electron chi connectivity index (χ2n) is 7.34. The molecular formula is C21H27N5. The Kier molecular flexibility index (Phi) is 4.66. The monoisotopic (exact) mass is 349 g/mol. The zero-order valence-corrected chi connectivity index (χ0v) is 15.6. The number of imidazole rings is 1. The summed E-state index contributed by atoms with van der Waals surface area (Å²) in [5, 5.41) is 0. The van der Waals surface area contributed by atoms with E-state index in [2.05, 4.69) is 76.8 Å². The number of hydrogen-bond donors (Lipinski definition) is 1.